The van der Waals surface area contributed by atoms with Gasteiger partial charge in [0.15, 0.2) is 5.69 Å². The van der Waals surface area contributed by atoms with E-state index in [1.54, 1.807) is 6.07 Å². The van der Waals surface area contributed by atoms with Gasteiger partial charge in [0, 0.05) is 5.39 Å². The van der Waals surface area contributed by atoms with E-state index in [0.717, 1.165) is 10.8 Å². The Balaban J connectivity index is 2.01. The van der Waals surface area contributed by atoms with Crippen molar-refractivity contribution in [2.45, 2.75) is 0 Å². The molecule has 1 aromatic heterocycles. The molecule has 0 bridgehead atoms. The van der Waals surface area contributed by atoms with Crippen LogP contribution in [0.15, 0.2) is 54.9 Å². The monoisotopic (exact) mass is 266 g/mol. The van der Waals surface area contributed by atoms with Crippen LogP contribution in [0.25, 0.3) is 10.8 Å². The lowest BCUT2D eigenvalue weighted by Gasteiger charge is -2.07. The minimum Gasteiger partial charge on any atom is -0.476 e. The summed E-state index contributed by atoms with van der Waals surface area (Å²) >= 11 is 0. The maximum atomic E-state index is 10.9. The number of benzene rings is 2. The van der Waals surface area contributed by atoms with Crippen LogP contribution in [-0.4, -0.2) is 21.0 Å². The molecule has 0 atom stereocenters. The summed E-state index contributed by atoms with van der Waals surface area (Å²) in [5.41, 5.74) is -0.150. The fraction of sp³-hybridized carbons (Fsp3) is 0. The normalized spacial score (nSPS) is 10.4. The molecule has 3 rings (SSSR count). The topological polar surface area (TPSA) is 72.3 Å². The fourth-order valence-corrected chi connectivity index (χ4v) is 1.90. The molecule has 5 heteroatoms. The number of aromatic nitrogens is 2. The minimum absolute atomic E-state index is 0.150. The number of aromatic carboxylic acids is 1. The standard InChI is InChI=1S/C15H10N2O3/c18-15(19)12-8-16-9-14(17-12)20-13-7-3-5-10-4-1-2-6-11(10)13/h1-9H,(H,18,19). The number of fused-ring (bicyclic) bond motifs is 1. The molecule has 0 aliphatic rings. The molecule has 0 amide bonds. The van der Waals surface area contributed by atoms with Crippen LogP contribution >= 0.6 is 0 Å². The van der Waals surface area contributed by atoms with E-state index < -0.39 is 5.97 Å². The van der Waals surface area contributed by atoms with Gasteiger partial charge in [0.1, 0.15) is 5.75 Å². The molecule has 0 fully saturated rings. The number of carboxylic acid groups (broad SMARTS) is 1. The van der Waals surface area contributed by atoms with Gasteiger partial charge < -0.3 is 9.84 Å². The zero-order chi connectivity index (χ0) is 13.9. The van der Waals surface area contributed by atoms with Gasteiger partial charge in [-0.15, -0.1) is 0 Å². The van der Waals surface area contributed by atoms with Gasteiger partial charge in [0.25, 0.3) is 0 Å². The molecule has 3 aromatic rings. The van der Waals surface area contributed by atoms with Crippen LogP contribution in [0.1, 0.15) is 10.5 Å². The van der Waals surface area contributed by atoms with Crippen LogP contribution in [0.2, 0.25) is 0 Å². The summed E-state index contributed by atoms with van der Waals surface area (Å²) in [6.45, 7) is 0. The number of hydrogen-bond donors (Lipinski definition) is 1. The number of carboxylic acids is 1. The van der Waals surface area contributed by atoms with Crippen LogP contribution in [0.3, 0.4) is 0 Å². The van der Waals surface area contributed by atoms with E-state index in [0.29, 0.717) is 5.75 Å². The van der Waals surface area contributed by atoms with Crippen molar-refractivity contribution in [3.05, 3.63) is 60.6 Å². The Kier molecular flexibility index (Phi) is 3.01. The Hall–Kier alpha value is -2.95. The van der Waals surface area contributed by atoms with Gasteiger partial charge in [0.2, 0.25) is 5.88 Å². The van der Waals surface area contributed by atoms with Crippen molar-refractivity contribution in [1.82, 2.24) is 9.97 Å². The Morgan fingerprint density at radius 1 is 1.05 bits per heavy atom. The molecule has 0 unspecified atom stereocenters. The van der Waals surface area contributed by atoms with E-state index in [1.165, 1.54) is 12.4 Å². The summed E-state index contributed by atoms with van der Waals surface area (Å²) < 4.78 is 5.65. The average molecular weight is 266 g/mol. The van der Waals surface area contributed by atoms with Crippen molar-refractivity contribution >= 4 is 16.7 Å². The highest BCUT2D eigenvalue weighted by molar-refractivity contribution is 5.88. The van der Waals surface area contributed by atoms with Crippen LogP contribution in [0.4, 0.5) is 0 Å². The second-order valence-electron chi connectivity index (χ2n) is 4.13. The Bertz CT molecular complexity index is 781. The molecule has 1 N–H and O–H groups in total. The largest absolute Gasteiger partial charge is 0.476 e. The van der Waals surface area contributed by atoms with Gasteiger partial charge in [0.05, 0.1) is 12.4 Å². The van der Waals surface area contributed by atoms with Gasteiger partial charge in [-0.25, -0.2) is 9.78 Å². The molecule has 2 aromatic carbocycles. The molecular weight excluding hydrogens is 256 g/mol. The van der Waals surface area contributed by atoms with Gasteiger partial charge in [-0.1, -0.05) is 36.4 Å². The summed E-state index contributed by atoms with van der Waals surface area (Å²) in [4.78, 5) is 18.6. The van der Waals surface area contributed by atoms with Crippen LogP contribution < -0.4 is 4.74 Å². The molecule has 98 valence electrons. The van der Waals surface area contributed by atoms with Crippen molar-refractivity contribution in [3.8, 4) is 11.6 Å². The molecule has 20 heavy (non-hydrogen) atoms. The third-order valence-electron chi connectivity index (χ3n) is 2.80. The first kappa shape index (κ1) is 12.1. The van der Waals surface area contributed by atoms with Gasteiger partial charge in [-0.2, -0.15) is 0 Å². The minimum atomic E-state index is -1.14. The number of carbonyl (C=O) groups is 1. The molecule has 0 spiro atoms. The fourth-order valence-electron chi connectivity index (χ4n) is 1.90. The Morgan fingerprint density at radius 2 is 1.85 bits per heavy atom. The first-order valence-corrected chi connectivity index (χ1v) is 5.95. The van der Waals surface area contributed by atoms with Crippen molar-refractivity contribution in [1.29, 1.82) is 0 Å². The van der Waals surface area contributed by atoms with Gasteiger partial charge >= 0.3 is 5.97 Å². The first-order chi connectivity index (χ1) is 9.74. The summed E-state index contributed by atoms with van der Waals surface area (Å²) in [6, 6.07) is 13.4. The Morgan fingerprint density at radius 3 is 2.70 bits per heavy atom. The third-order valence-corrected chi connectivity index (χ3v) is 2.80. The molecule has 1 heterocycles. The lowest BCUT2D eigenvalue weighted by molar-refractivity contribution is 0.0689. The summed E-state index contributed by atoms with van der Waals surface area (Å²) in [6.07, 6.45) is 2.56. The van der Waals surface area contributed by atoms with E-state index in [2.05, 4.69) is 9.97 Å². The molecule has 5 nitrogen and oxygen atoms in total. The maximum Gasteiger partial charge on any atom is 0.356 e. The number of nitrogens with zero attached hydrogens (tertiary/aromatic N) is 2. The SMILES string of the molecule is O=C(O)c1cncc(Oc2cccc3ccccc23)n1. The third kappa shape index (κ3) is 2.29. The van der Waals surface area contributed by atoms with Gasteiger partial charge in [-0.05, 0) is 11.5 Å². The lowest BCUT2D eigenvalue weighted by atomic mass is 10.1. The zero-order valence-electron chi connectivity index (χ0n) is 10.4. The second-order valence-corrected chi connectivity index (χ2v) is 4.13. The van der Waals surface area contributed by atoms with E-state index in [4.69, 9.17) is 9.84 Å². The smallest absolute Gasteiger partial charge is 0.356 e. The van der Waals surface area contributed by atoms with E-state index >= 15 is 0 Å². The molecular formula is C15H10N2O3. The van der Waals surface area contributed by atoms with Crippen LogP contribution in [0.5, 0.6) is 11.6 Å². The predicted octanol–water partition coefficient (Wildman–Crippen LogP) is 3.12. The summed E-state index contributed by atoms with van der Waals surface area (Å²) in [5.74, 6) is -0.373. The quantitative estimate of drug-likeness (QED) is 0.788. The lowest BCUT2D eigenvalue weighted by Crippen LogP contribution is -2.02. The predicted molar refractivity (Wildman–Crippen MR) is 73.0 cm³/mol. The van der Waals surface area contributed by atoms with Crippen LogP contribution in [-0.2, 0) is 0 Å². The van der Waals surface area contributed by atoms with Crippen molar-refractivity contribution in [3.63, 3.8) is 0 Å². The number of rotatable bonds is 3. The Labute approximate surface area is 114 Å². The van der Waals surface area contributed by atoms with E-state index in [9.17, 15) is 4.79 Å². The second kappa shape index (κ2) is 4.97. The highest BCUT2D eigenvalue weighted by atomic mass is 16.5. The highest BCUT2D eigenvalue weighted by Crippen LogP contribution is 2.28. The van der Waals surface area contributed by atoms with E-state index in [1.807, 2.05) is 36.4 Å². The zero-order valence-corrected chi connectivity index (χ0v) is 10.4. The summed E-state index contributed by atoms with van der Waals surface area (Å²) in [5, 5.41) is 10.9. The summed E-state index contributed by atoms with van der Waals surface area (Å²) in [7, 11) is 0. The first-order valence-electron chi connectivity index (χ1n) is 5.95. The maximum absolute atomic E-state index is 10.9. The number of ether oxygens (including phenoxy) is 1. The van der Waals surface area contributed by atoms with Crippen molar-refractivity contribution in [2.75, 3.05) is 0 Å². The van der Waals surface area contributed by atoms with Gasteiger partial charge in [-0.3, -0.25) is 4.98 Å². The highest BCUT2D eigenvalue weighted by Gasteiger charge is 2.09. The molecule has 0 aliphatic carbocycles. The molecule has 0 aliphatic heterocycles. The molecule has 0 saturated heterocycles. The van der Waals surface area contributed by atoms with Crippen molar-refractivity contribution in [2.24, 2.45) is 0 Å². The van der Waals surface area contributed by atoms with E-state index in [-0.39, 0.29) is 11.6 Å². The van der Waals surface area contributed by atoms with Crippen molar-refractivity contribution < 1.29 is 14.6 Å². The molecule has 0 saturated carbocycles. The molecule has 0 radical (unpaired) electrons. The van der Waals surface area contributed by atoms with Crippen LogP contribution in [0, 0.1) is 0 Å². The average Bonchev–Trinajstić information content (AvgIpc) is 2.48. The number of hydrogen-bond acceptors (Lipinski definition) is 4.